The van der Waals surface area contributed by atoms with E-state index in [-0.39, 0.29) is 0 Å². The number of methoxy groups -OCH3 is 2. The minimum atomic E-state index is 0.337. The number of nitrogens with two attached hydrogens (primary N) is 1. The SMILES string of the molecule is COc1ccc(C=NNc2nncn2N)c(OC)c1. The minimum Gasteiger partial charge on any atom is -0.497 e. The van der Waals surface area contributed by atoms with Gasteiger partial charge in [0.05, 0.1) is 20.4 Å². The molecule has 19 heavy (non-hydrogen) atoms. The molecule has 0 saturated carbocycles. The van der Waals surface area contributed by atoms with Crippen molar-refractivity contribution in [2.45, 2.75) is 0 Å². The van der Waals surface area contributed by atoms with E-state index >= 15 is 0 Å². The van der Waals surface area contributed by atoms with Crippen molar-refractivity contribution in [2.75, 3.05) is 25.5 Å². The van der Waals surface area contributed by atoms with Gasteiger partial charge in [-0.2, -0.15) is 5.10 Å². The second-order valence-electron chi connectivity index (χ2n) is 3.54. The lowest BCUT2D eigenvalue weighted by Gasteiger charge is -2.06. The summed E-state index contributed by atoms with van der Waals surface area (Å²) < 4.78 is 11.6. The second kappa shape index (κ2) is 5.71. The molecule has 0 saturated heterocycles. The average Bonchev–Trinajstić information content (AvgIpc) is 2.84. The van der Waals surface area contributed by atoms with Crippen LogP contribution in [0.4, 0.5) is 5.95 Å². The van der Waals surface area contributed by atoms with Crippen LogP contribution in [0.15, 0.2) is 29.6 Å². The van der Waals surface area contributed by atoms with Crippen LogP contribution in [0.2, 0.25) is 0 Å². The van der Waals surface area contributed by atoms with Crippen LogP contribution in [0, 0.1) is 0 Å². The molecular weight excluding hydrogens is 248 g/mol. The zero-order valence-corrected chi connectivity index (χ0v) is 10.6. The first-order chi connectivity index (χ1) is 9.24. The Morgan fingerprint density at radius 1 is 1.37 bits per heavy atom. The van der Waals surface area contributed by atoms with E-state index in [0.717, 1.165) is 5.56 Å². The maximum atomic E-state index is 5.53. The fraction of sp³-hybridized carbons (Fsp3) is 0.182. The molecule has 0 aliphatic carbocycles. The summed E-state index contributed by atoms with van der Waals surface area (Å²) in [5.41, 5.74) is 3.46. The van der Waals surface area contributed by atoms with Crippen molar-refractivity contribution < 1.29 is 9.47 Å². The van der Waals surface area contributed by atoms with Gasteiger partial charge in [0, 0.05) is 11.6 Å². The molecule has 100 valence electrons. The summed E-state index contributed by atoms with van der Waals surface area (Å²) >= 11 is 0. The predicted octanol–water partition coefficient (Wildman–Crippen LogP) is 0.455. The molecule has 2 aromatic rings. The number of nitrogen functional groups attached to an aromatic ring is 1. The van der Waals surface area contributed by atoms with Gasteiger partial charge >= 0.3 is 0 Å². The molecule has 3 N–H and O–H groups in total. The fourth-order valence-corrected chi connectivity index (χ4v) is 1.41. The van der Waals surface area contributed by atoms with Gasteiger partial charge in [-0.05, 0) is 12.1 Å². The van der Waals surface area contributed by atoms with Crippen molar-refractivity contribution in [2.24, 2.45) is 5.10 Å². The van der Waals surface area contributed by atoms with Gasteiger partial charge < -0.3 is 15.3 Å². The summed E-state index contributed by atoms with van der Waals surface area (Å²) in [5, 5.41) is 11.4. The highest BCUT2D eigenvalue weighted by Gasteiger charge is 2.03. The van der Waals surface area contributed by atoms with Crippen LogP contribution in [0.25, 0.3) is 0 Å². The zero-order chi connectivity index (χ0) is 13.7. The summed E-state index contributed by atoms with van der Waals surface area (Å²) in [7, 11) is 3.17. The van der Waals surface area contributed by atoms with Crippen molar-refractivity contribution >= 4 is 12.2 Å². The molecule has 1 aromatic carbocycles. The number of hydrazone groups is 1. The van der Waals surface area contributed by atoms with Gasteiger partial charge in [-0.15, -0.1) is 10.2 Å². The van der Waals surface area contributed by atoms with Crippen molar-refractivity contribution in [3.63, 3.8) is 0 Å². The third-order valence-corrected chi connectivity index (χ3v) is 2.38. The summed E-state index contributed by atoms with van der Waals surface area (Å²) in [6.07, 6.45) is 2.96. The van der Waals surface area contributed by atoms with Gasteiger partial charge in [0.15, 0.2) is 0 Å². The molecule has 2 rings (SSSR count). The van der Waals surface area contributed by atoms with Crippen LogP contribution in [-0.4, -0.2) is 35.3 Å². The number of hydrogen-bond donors (Lipinski definition) is 2. The Morgan fingerprint density at radius 3 is 2.84 bits per heavy atom. The zero-order valence-electron chi connectivity index (χ0n) is 10.6. The first-order valence-electron chi connectivity index (χ1n) is 5.41. The molecule has 0 aliphatic rings. The third-order valence-electron chi connectivity index (χ3n) is 2.38. The molecule has 8 nitrogen and oxygen atoms in total. The van der Waals surface area contributed by atoms with Gasteiger partial charge in [0.2, 0.25) is 0 Å². The van der Waals surface area contributed by atoms with Crippen molar-refractivity contribution in [1.82, 2.24) is 14.9 Å². The van der Waals surface area contributed by atoms with Gasteiger partial charge in [-0.1, -0.05) is 0 Å². The number of nitrogens with zero attached hydrogens (tertiary/aromatic N) is 4. The fourth-order valence-electron chi connectivity index (χ4n) is 1.41. The molecule has 0 bridgehead atoms. The van der Waals surface area contributed by atoms with E-state index in [1.54, 1.807) is 26.5 Å². The standard InChI is InChI=1S/C11H14N6O2/c1-18-9-4-3-8(10(5-9)19-2)6-13-15-11-16-14-7-17(11)12/h3-7H,12H2,1-2H3,(H,15,16). The van der Waals surface area contributed by atoms with Crippen molar-refractivity contribution in [1.29, 1.82) is 0 Å². The average molecular weight is 262 g/mol. The first-order valence-corrected chi connectivity index (χ1v) is 5.41. The first kappa shape index (κ1) is 12.7. The smallest absolute Gasteiger partial charge is 0.263 e. The third kappa shape index (κ3) is 2.92. The van der Waals surface area contributed by atoms with Gasteiger partial charge in [-0.3, -0.25) is 0 Å². The Kier molecular flexibility index (Phi) is 3.81. The number of nitrogens with one attached hydrogen (secondary N) is 1. The number of aromatic nitrogens is 3. The van der Waals surface area contributed by atoms with E-state index < -0.39 is 0 Å². The maximum absolute atomic E-state index is 5.53. The highest BCUT2D eigenvalue weighted by Crippen LogP contribution is 2.23. The molecule has 0 atom stereocenters. The van der Waals surface area contributed by atoms with Crippen LogP contribution in [0.5, 0.6) is 11.5 Å². The van der Waals surface area contributed by atoms with E-state index in [9.17, 15) is 0 Å². The molecule has 1 aromatic heterocycles. The van der Waals surface area contributed by atoms with E-state index in [0.29, 0.717) is 17.4 Å². The number of hydrogen-bond acceptors (Lipinski definition) is 7. The van der Waals surface area contributed by atoms with Gasteiger partial charge in [-0.25, -0.2) is 10.1 Å². The normalized spacial score (nSPS) is 10.6. The van der Waals surface area contributed by atoms with Gasteiger partial charge in [0.25, 0.3) is 5.95 Å². The number of ether oxygens (including phenoxy) is 2. The molecular formula is C11H14N6O2. The van der Waals surface area contributed by atoms with Crippen molar-refractivity contribution in [3.05, 3.63) is 30.1 Å². The molecule has 0 fully saturated rings. The van der Waals surface area contributed by atoms with Crippen LogP contribution >= 0.6 is 0 Å². The highest BCUT2D eigenvalue weighted by atomic mass is 16.5. The Morgan fingerprint density at radius 2 is 2.21 bits per heavy atom. The van der Waals surface area contributed by atoms with Crippen molar-refractivity contribution in [3.8, 4) is 11.5 Å². The second-order valence-corrected chi connectivity index (χ2v) is 3.54. The summed E-state index contributed by atoms with van der Waals surface area (Å²) in [6.45, 7) is 0. The molecule has 1 heterocycles. The lowest BCUT2D eigenvalue weighted by Crippen LogP contribution is -2.10. The Bertz CT molecular complexity index is 580. The van der Waals surface area contributed by atoms with Crippen LogP contribution in [0.1, 0.15) is 5.56 Å². The monoisotopic (exact) mass is 262 g/mol. The molecule has 0 unspecified atom stereocenters. The Hall–Kier alpha value is -2.77. The van der Waals surface area contributed by atoms with Crippen LogP contribution < -0.4 is 20.7 Å². The predicted molar refractivity (Wildman–Crippen MR) is 70.9 cm³/mol. The molecule has 0 radical (unpaired) electrons. The number of anilines is 1. The minimum absolute atomic E-state index is 0.337. The molecule has 8 heteroatoms. The van der Waals surface area contributed by atoms with Gasteiger partial charge in [0.1, 0.15) is 17.8 Å². The Balaban J connectivity index is 2.12. The summed E-state index contributed by atoms with van der Waals surface area (Å²) in [6, 6.07) is 5.41. The van der Waals surface area contributed by atoms with E-state index in [2.05, 4.69) is 20.7 Å². The summed E-state index contributed by atoms with van der Waals surface area (Å²) in [4.78, 5) is 0. The lowest BCUT2D eigenvalue weighted by atomic mass is 10.2. The largest absolute Gasteiger partial charge is 0.497 e. The highest BCUT2D eigenvalue weighted by molar-refractivity contribution is 5.84. The lowest BCUT2D eigenvalue weighted by molar-refractivity contribution is 0.394. The number of rotatable bonds is 5. The summed E-state index contributed by atoms with van der Waals surface area (Å²) in [5.74, 6) is 7.23. The Labute approximate surface area is 109 Å². The number of benzene rings is 1. The van der Waals surface area contributed by atoms with E-state index in [4.69, 9.17) is 15.3 Å². The quantitative estimate of drug-likeness (QED) is 0.461. The van der Waals surface area contributed by atoms with E-state index in [1.807, 2.05) is 12.1 Å². The molecule has 0 aliphatic heterocycles. The molecule has 0 amide bonds. The van der Waals surface area contributed by atoms with E-state index in [1.165, 1.54) is 11.0 Å². The topological polar surface area (TPSA) is 99.6 Å². The molecule has 0 spiro atoms. The van der Waals surface area contributed by atoms with Crippen LogP contribution in [0.3, 0.4) is 0 Å². The van der Waals surface area contributed by atoms with Crippen LogP contribution in [-0.2, 0) is 0 Å². The maximum Gasteiger partial charge on any atom is 0.263 e.